The molecule has 0 saturated carbocycles. The van der Waals surface area contributed by atoms with E-state index in [0.29, 0.717) is 13.2 Å². The number of hydrogen-bond donors (Lipinski definition) is 2. The average molecular weight is 242 g/mol. The first kappa shape index (κ1) is 15.3. The predicted molar refractivity (Wildman–Crippen MR) is 62.5 cm³/mol. The van der Waals surface area contributed by atoms with Crippen molar-refractivity contribution in [2.24, 2.45) is 0 Å². The third kappa shape index (κ3) is 8.11. The van der Waals surface area contributed by atoms with E-state index in [2.05, 4.69) is 11.2 Å². The van der Waals surface area contributed by atoms with Crippen molar-refractivity contribution in [3.05, 3.63) is 0 Å². The minimum Gasteiger partial charge on any atom is -0.480 e. The maximum absolute atomic E-state index is 11.5. The van der Waals surface area contributed by atoms with Crippen molar-refractivity contribution in [2.75, 3.05) is 26.2 Å². The number of aliphatic carboxylic acids is 1. The summed E-state index contributed by atoms with van der Waals surface area (Å²) in [5, 5.41) is 11.1. The van der Waals surface area contributed by atoms with Gasteiger partial charge >= 0.3 is 12.0 Å². The Hall–Kier alpha value is -1.74. The van der Waals surface area contributed by atoms with Crippen molar-refractivity contribution in [3.8, 4) is 12.3 Å². The van der Waals surface area contributed by atoms with Crippen molar-refractivity contribution < 1.29 is 19.4 Å². The second-order valence-corrected chi connectivity index (χ2v) is 3.61. The highest BCUT2D eigenvalue weighted by Crippen LogP contribution is 1.90. The van der Waals surface area contributed by atoms with Gasteiger partial charge in [0.1, 0.15) is 6.54 Å². The van der Waals surface area contributed by atoms with Crippen LogP contribution in [0.2, 0.25) is 0 Å². The van der Waals surface area contributed by atoms with E-state index >= 15 is 0 Å². The molecule has 2 amide bonds. The molecule has 96 valence electrons. The molecule has 0 radical (unpaired) electrons. The van der Waals surface area contributed by atoms with Gasteiger partial charge in [-0.15, -0.1) is 6.42 Å². The number of nitrogens with zero attached hydrogens (tertiary/aromatic N) is 1. The Kier molecular flexibility index (Phi) is 7.55. The highest BCUT2D eigenvalue weighted by Gasteiger charge is 2.14. The molecule has 0 aromatic heterocycles. The number of nitrogens with one attached hydrogen (secondary N) is 1. The molecular weight excluding hydrogens is 224 g/mol. The monoisotopic (exact) mass is 242 g/mol. The second kappa shape index (κ2) is 8.42. The Balaban J connectivity index is 3.98. The molecule has 0 aliphatic carbocycles. The third-order valence-electron chi connectivity index (χ3n) is 1.72. The lowest BCUT2D eigenvalue weighted by molar-refractivity contribution is -0.137. The highest BCUT2D eigenvalue weighted by molar-refractivity contribution is 5.80. The molecule has 0 aliphatic rings. The van der Waals surface area contributed by atoms with Crippen LogP contribution in [-0.2, 0) is 9.53 Å². The number of carbonyl (C=O) groups excluding carboxylic acids is 1. The van der Waals surface area contributed by atoms with Gasteiger partial charge in [0.2, 0.25) is 0 Å². The van der Waals surface area contributed by atoms with E-state index in [0.717, 1.165) is 4.90 Å². The lowest BCUT2D eigenvalue weighted by Gasteiger charge is -2.18. The lowest BCUT2D eigenvalue weighted by atomic mass is 10.5. The zero-order chi connectivity index (χ0) is 13.3. The molecule has 0 spiro atoms. The van der Waals surface area contributed by atoms with Gasteiger partial charge in [-0.3, -0.25) is 4.79 Å². The molecule has 0 aliphatic heterocycles. The van der Waals surface area contributed by atoms with Crippen LogP contribution >= 0.6 is 0 Å². The molecule has 0 fully saturated rings. The fourth-order valence-corrected chi connectivity index (χ4v) is 1.04. The van der Waals surface area contributed by atoms with Crippen molar-refractivity contribution in [1.29, 1.82) is 0 Å². The van der Waals surface area contributed by atoms with Crippen LogP contribution in [0, 0.1) is 12.3 Å². The van der Waals surface area contributed by atoms with Gasteiger partial charge in [0.25, 0.3) is 0 Å². The van der Waals surface area contributed by atoms with Crippen LogP contribution < -0.4 is 5.32 Å². The van der Waals surface area contributed by atoms with Gasteiger partial charge in [0.15, 0.2) is 0 Å². The zero-order valence-corrected chi connectivity index (χ0v) is 10.1. The topological polar surface area (TPSA) is 78.9 Å². The largest absolute Gasteiger partial charge is 0.480 e. The Labute approximate surface area is 101 Å². The number of amides is 2. The molecule has 2 N–H and O–H groups in total. The minimum absolute atomic E-state index is 0.0385. The van der Waals surface area contributed by atoms with E-state index < -0.39 is 18.5 Å². The molecule has 0 aromatic carbocycles. The summed E-state index contributed by atoms with van der Waals surface area (Å²) in [6, 6.07) is -0.502. The highest BCUT2D eigenvalue weighted by atomic mass is 16.5. The number of urea groups is 1. The van der Waals surface area contributed by atoms with Gasteiger partial charge in [-0.1, -0.05) is 5.92 Å². The summed E-state index contributed by atoms with van der Waals surface area (Å²) in [6.45, 7) is 4.01. The minimum atomic E-state index is -1.10. The van der Waals surface area contributed by atoms with Gasteiger partial charge in [-0.25, -0.2) is 4.79 Å². The number of carboxylic acids is 1. The molecule has 0 bridgehead atoms. The Morgan fingerprint density at radius 3 is 2.65 bits per heavy atom. The predicted octanol–water partition coefficient (Wildman–Crippen LogP) is 0.141. The molecule has 0 heterocycles. The molecule has 0 saturated heterocycles. The van der Waals surface area contributed by atoms with E-state index in [4.69, 9.17) is 16.3 Å². The van der Waals surface area contributed by atoms with Gasteiger partial charge in [-0.2, -0.15) is 0 Å². The van der Waals surface area contributed by atoms with Gasteiger partial charge in [-0.05, 0) is 13.8 Å². The van der Waals surface area contributed by atoms with E-state index in [9.17, 15) is 9.59 Å². The fraction of sp³-hybridized carbons (Fsp3) is 0.636. The fourth-order valence-electron chi connectivity index (χ4n) is 1.04. The van der Waals surface area contributed by atoms with E-state index in [1.807, 2.05) is 13.8 Å². The van der Waals surface area contributed by atoms with Gasteiger partial charge < -0.3 is 20.1 Å². The van der Waals surface area contributed by atoms with Crippen molar-refractivity contribution in [2.45, 2.75) is 20.0 Å². The summed E-state index contributed by atoms with van der Waals surface area (Å²) in [7, 11) is 0. The number of carboxylic acid groups (broad SMARTS) is 1. The summed E-state index contributed by atoms with van der Waals surface area (Å²) in [5.74, 6) is 1.13. The Morgan fingerprint density at radius 1 is 1.53 bits per heavy atom. The molecule has 6 heteroatoms. The SMILES string of the molecule is C#CCN(CC(=O)O)C(=O)NCCOC(C)C. The van der Waals surface area contributed by atoms with Gasteiger partial charge in [0, 0.05) is 6.54 Å². The molecular formula is C11H18N2O4. The number of carbonyl (C=O) groups is 2. The molecule has 0 atom stereocenters. The van der Waals surface area contributed by atoms with Gasteiger partial charge in [0.05, 0.1) is 19.3 Å². The van der Waals surface area contributed by atoms with E-state index in [-0.39, 0.29) is 12.6 Å². The van der Waals surface area contributed by atoms with Crippen molar-refractivity contribution in [1.82, 2.24) is 10.2 Å². The molecule has 0 rings (SSSR count). The molecule has 17 heavy (non-hydrogen) atoms. The summed E-state index contributed by atoms with van der Waals surface area (Å²) in [4.78, 5) is 23.0. The van der Waals surface area contributed by atoms with Crippen LogP contribution in [-0.4, -0.2) is 54.4 Å². The average Bonchev–Trinajstić information content (AvgIpc) is 2.22. The number of terminal acetylenes is 1. The first-order valence-corrected chi connectivity index (χ1v) is 5.27. The molecule has 0 unspecified atom stereocenters. The zero-order valence-electron chi connectivity index (χ0n) is 10.1. The molecule has 0 aromatic rings. The normalized spacial score (nSPS) is 9.76. The maximum atomic E-state index is 11.5. The number of ether oxygens (including phenoxy) is 1. The van der Waals surface area contributed by atoms with Crippen LogP contribution in [0.15, 0.2) is 0 Å². The van der Waals surface area contributed by atoms with Crippen LogP contribution in [0.3, 0.4) is 0 Å². The summed E-state index contributed by atoms with van der Waals surface area (Å²) >= 11 is 0. The standard InChI is InChI=1S/C11H18N2O4/c1-4-6-13(8-10(14)15)11(16)12-5-7-17-9(2)3/h1,9H,5-8H2,2-3H3,(H,12,16)(H,14,15). The van der Waals surface area contributed by atoms with E-state index in [1.54, 1.807) is 0 Å². The van der Waals surface area contributed by atoms with Crippen LogP contribution in [0.4, 0.5) is 4.79 Å². The third-order valence-corrected chi connectivity index (χ3v) is 1.72. The van der Waals surface area contributed by atoms with Crippen molar-refractivity contribution >= 4 is 12.0 Å². The van der Waals surface area contributed by atoms with Crippen LogP contribution in [0.25, 0.3) is 0 Å². The number of hydrogen-bond acceptors (Lipinski definition) is 3. The van der Waals surface area contributed by atoms with E-state index in [1.165, 1.54) is 0 Å². The summed E-state index contributed by atoms with van der Waals surface area (Å²) < 4.78 is 5.22. The first-order valence-electron chi connectivity index (χ1n) is 5.27. The second-order valence-electron chi connectivity index (χ2n) is 3.61. The quantitative estimate of drug-likeness (QED) is 0.491. The smallest absolute Gasteiger partial charge is 0.323 e. The Morgan fingerprint density at radius 2 is 2.18 bits per heavy atom. The van der Waals surface area contributed by atoms with Crippen LogP contribution in [0.5, 0.6) is 0 Å². The van der Waals surface area contributed by atoms with Crippen molar-refractivity contribution in [3.63, 3.8) is 0 Å². The Bertz CT molecular complexity index is 296. The summed E-state index contributed by atoms with van der Waals surface area (Å²) in [6.07, 6.45) is 5.14. The number of rotatable bonds is 7. The first-order chi connectivity index (χ1) is 7.97. The molecule has 6 nitrogen and oxygen atoms in total. The van der Waals surface area contributed by atoms with Crippen LogP contribution in [0.1, 0.15) is 13.8 Å². The lowest BCUT2D eigenvalue weighted by Crippen LogP contribution is -2.44. The maximum Gasteiger partial charge on any atom is 0.323 e. The summed E-state index contributed by atoms with van der Waals surface area (Å²) in [5.41, 5.74) is 0.